The van der Waals surface area contributed by atoms with Gasteiger partial charge in [0, 0.05) is 12.8 Å². The molecule has 3 aromatic rings. The molecule has 0 saturated carbocycles. The van der Waals surface area contributed by atoms with Crippen LogP contribution in [0.1, 0.15) is 39.5 Å². The van der Waals surface area contributed by atoms with Gasteiger partial charge in [-0.25, -0.2) is 12.7 Å². The lowest BCUT2D eigenvalue weighted by Crippen LogP contribution is -2.37. The van der Waals surface area contributed by atoms with Crippen molar-refractivity contribution in [1.82, 2.24) is 0 Å². The summed E-state index contributed by atoms with van der Waals surface area (Å²) in [6, 6.07) is 14.5. The number of anilines is 1. The van der Waals surface area contributed by atoms with Crippen LogP contribution in [0.4, 0.5) is 5.69 Å². The molecule has 0 spiro atoms. The summed E-state index contributed by atoms with van der Waals surface area (Å²) in [5, 5.41) is 1.43. The lowest BCUT2D eigenvalue weighted by Gasteiger charge is -2.24. The van der Waals surface area contributed by atoms with Crippen molar-refractivity contribution in [2.75, 3.05) is 4.31 Å². The van der Waals surface area contributed by atoms with Gasteiger partial charge in [-0.3, -0.25) is 9.59 Å². The van der Waals surface area contributed by atoms with Crippen LogP contribution in [0.2, 0.25) is 10.0 Å². The fourth-order valence-electron chi connectivity index (χ4n) is 3.30. The van der Waals surface area contributed by atoms with Gasteiger partial charge >= 0.3 is 5.97 Å². The second-order valence-corrected chi connectivity index (χ2v) is 9.99. The molecule has 0 bridgehead atoms. The molecule has 0 aliphatic heterocycles. The van der Waals surface area contributed by atoms with E-state index >= 15 is 0 Å². The maximum Gasteiger partial charge on any atom is 0.311 e. The van der Waals surface area contributed by atoms with Crippen LogP contribution in [0.5, 0.6) is 5.75 Å². The summed E-state index contributed by atoms with van der Waals surface area (Å²) in [7, 11) is -4.29. The largest absolute Gasteiger partial charge is 0.423 e. The smallest absolute Gasteiger partial charge is 0.311 e. The third kappa shape index (κ3) is 5.49. The first kappa shape index (κ1) is 25.0. The molecule has 6 nitrogen and oxygen atoms in total. The topological polar surface area (TPSA) is 80.8 Å². The molecule has 174 valence electrons. The van der Waals surface area contributed by atoms with Gasteiger partial charge in [0.05, 0.1) is 20.6 Å². The van der Waals surface area contributed by atoms with Gasteiger partial charge in [0.2, 0.25) is 5.91 Å². The number of hydrogen-bond donors (Lipinski definition) is 0. The molecule has 3 rings (SSSR count). The van der Waals surface area contributed by atoms with Gasteiger partial charge in [-0.15, -0.1) is 0 Å². The fraction of sp³-hybridized carbons (Fsp3) is 0.250. The van der Waals surface area contributed by atoms with E-state index in [-0.39, 0.29) is 39.2 Å². The number of sulfonamides is 1. The Hall–Kier alpha value is -2.61. The third-order valence-electron chi connectivity index (χ3n) is 4.84. The van der Waals surface area contributed by atoms with Crippen LogP contribution in [0, 0.1) is 0 Å². The minimum Gasteiger partial charge on any atom is -0.423 e. The highest BCUT2D eigenvalue weighted by molar-refractivity contribution is 7.93. The van der Waals surface area contributed by atoms with Gasteiger partial charge in [0.15, 0.2) is 5.75 Å². The molecule has 0 atom stereocenters. The highest BCUT2D eigenvalue weighted by atomic mass is 35.5. The molecular formula is C24H23Cl2NO5S. The second-order valence-electron chi connectivity index (χ2n) is 7.38. The van der Waals surface area contributed by atoms with Crippen molar-refractivity contribution in [3.63, 3.8) is 0 Å². The van der Waals surface area contributed by atoms with Gasteiger partial charge in [0.25, 0.3) is 10.0 Å². The molecule has 1 amide bonds. The van der Waals surface area contributed by atoms with E-state index in [4.69, 9.17) is 27.9 Å². The number of rotatable bonds is 8. The fourth-order valence-corrected chi connectivity index (χ4v) is 5.32. The summed E-state index contributed by atoms with van der Waals surface area (Å²) in [4.78, 5) is 24.8. The number of benzene rings is 3. The predicted octanol–water partition coefficient (Wildman–Crippen LogP) is 6.37. The van der Waals surface area contributed by atoms with Crippen LogP contribution in [-0.4, -0.2) is 20.3 Å². The minimum atomic E-state index is -4.29. The Labute approximate surface area is 203 Å². The molecule has 0 aromatic heterocycles. The van der Waals surface area contributed by atoms with Crippen molar-refractivity contribution in [1.29, 1.82) is 0 Å². The zero-order chi connectivity index (χ0) is 24.2. The van der Waals surface area contributed by atoms with E-state index in [9.17, 15) is 18.0 Å². The molecule has 9 heteroatoms. The van der Waals surface area contributed by atoms with Crippen molar-refractivity contribution in [2.45, 2.75) is 44.4 Å². The zero-order valence-electron chi connectivity index (χ0n) is 18.2. The molecule has 0 heterocycles. The average molecular weight is 508 g/mol. The van der Waals surface area contributed by atoms with Crippen LogP contribution in [0.15, 0.2) is 59.5 Å². The summed E-state index contributed by atoms with van der Waals surface area (Å²) in [5.41, 5.74) is -0.0353. The molecule has 0 saturated heterocycles. The van der Waals surface area contributed by atoms with Gasteiger partial charge in [-0.05, 0) is 47.9 Å². The van der Waals surface area contributed by atoms with Crippen molar-refractivity contribution in [3.8, 4) is 5.75 Å². The highest BCUT2D eigenvalue weighted by Crippen LogP contribution is 2.39. The number of hydrogen-bond acceptors (Lipinski definition) is 5. The van der Waals surface area contributed by atoms with Crippen molar-refractivity contribution >= 4 is 61.6 Å². The number of fused-ring (bicyclic) bond motifs is 1. The summed E-state index contributed by atoms with van der Waals surface area (Å²) < 4.78 is 33.1. The maximum atomic E-state index is 13.6. The Kier molecular flexibility index (Phi) is 8.00. The molecule has 0 N–H and O–H groups in total. The maximum absolute atomic E-state index is 13.6. The molecule has 0 fully saturated rings. The lowest BCUT2D eigenvalue weighted by atomic mass is 10.1. The SMILES string of the molecule is CCCC(=O)Oc1c(Cl)cc(N(C(=O)CCC)S(=O)(=O)c2ccc3ccccc3c2)cc1Cl. The normalized spacial score (nSPS) is 11.4. The number of amides is 1. The zero-order valence-corrected chi connectivity index (χ0v) is 20.5. The van der Waals surface area contributed by atoms with Gasteiger partial charge in [-0.2, -0.15) is 0 Å². The highest BCUT2D eigenvalue weighted by Gasteiger charge is 2.32. The standard InChI is InChI=1S/C24H23Cl2NO5S/c1-3-7-22(28)27(18-14-20(25)24(21(26)15-18)32-23(29)8-4-2)33(30,31)19-12-11-16-9-5-6-10-17(16)13-19/h5-6,9-15H,3-4,7-8H2,1-2H3. The van der Waals surface area contributed by atoms with E-state index in [0.29, 0.717) is 17.1 Å². The van der Waals surface area contributed by atoms with E-state index < -0.39 is 21.9 Å². The minimum absolute atomic E-state index is 0.00468. The summed E-state index contributed by atoms with van der Waals surface area (Å²) >= 11 is 12.6. The molecule has 0 radical (unpaired) electrons. The van der Waals surface area contributed by atoms with E-state index in [1.54, 1.807) is 25.1 Å². The molecular weight excluding hydrogens is 485 g/mol. The lowest BCUT2D eigenvalue weighted by molar-refractivity contribution is -0.134. The monoisotopic (exact) mass is 507 g/mol. The van der Waals surface area contributed by atoms with Crippen LogP contribution >= 0.6 is 23.2 Å². The van der Waals surface area contributed by atoms with E-state index in [1.807, 2.05) is 19.1 Å². The first-order valence-corrected chi connectivity index (χ1v) is 12.6. The van der Waals surface area contributed by atoms with Gasteiger partial charge in [-0.1, -0.05) is 67.4 Å². The number of esters is 1. The van der Waals surface area contributed by atoms with E-state index in [2.05, 4.69) is 0 Å². The Morgan fingerprint density at radius 1 is 0.879 bits per heavy atom. The number of nitrogens with zero attached hydrogens (tertiary/aromatic N) is 1. The first-order valence-electron chi connectivity index (χ1n) is 10.5. The summed E-state index contributed by atoms with van der Waals surface area (Å²) in [6.45, 7) is 3.59. The van der Waals surface area contributed by atoms with E-state index in [1.165, 1.54) is 24.3 Å². The summed E-state index contributed by atoms with van der Waals surface area (Å²) in [6.07, 6.45) is 1.19. The van der Waals surface area contributed by atoms with Crippen LogP contribution < -0.4 is 9.04 Å². The second kappa shape index (κ2) is 10.5. The Balaban J connectivity index is 2.10. The Bertz CT molecular complexity index is 1280. The molecule has 33 heavy (non-hydrogen) atoms. The van der Waals surface area contributed by atoms with Crippen LogP contribution in [0.3, 0.4) is 0 Å². The number of carbonyl (C=O) groups excluding carboxylic acids is 2. The van der Waals surface area contributed by atoms with Gasteiger partial charge < -0.3 is 4.74 Å². The quantitative estimate of drug-likeness (QED) is 0.261. The average Bonchev–Trinajstić information content (AvgIpc) is 2.76. The molecule has 0 aliphatic carbocycles. The number of ether oxygens (including phenoxy) is 1. The molecule has 0 aliphatic rings. The number of halogens is 2. The molecule has 3 aromatic carbocycles. The van der Waals surface area contributed by atoms with Crippen molar-refractivity contribution < 1.29 is 22.7 Å². The van der Waals surface area contributed by atoms with E-state index in [0.717, 1.165) is 10.8 Å². The Morgan fingerprint density at radius 3 is 2.09 bits per heavy atom. The third-order valence-corrected chi connectivity index (χ3v) is 7.14. The number of carbonyl (C=O) groups is 2. The first-order chi connectivity index (χ1) is 15.7. The predicted molar refractivity (Wildman–Crippen MR) is 131 cm³/mol. The van der Waals surface area contributed by atoms with Crippen molar-refractivity contribution in [2.24, 2.45) is 0 Å². The Morgan fingerprint density at radius 2 is 1.48 bits per heavy atom. The molecule has 0 unspecified atom stereocenters. The van der Waals surface area contributed by atoms with Crippen LogP contribution in [0.25, 0.3) is 10.8 Å². The van der Waals surface area contributed by atoms with Crippen LogP contribution in [-0.2, 0) is 19.6 Å². The summed E-state index contributed by atoms with van der Waals surface area (Å²) in [5.74, 6) is -1.23. The van der Waals surface area contributed by atoms with Crippen molar-refractivity contribution in [3.05, 3.63) is 64.6 Å². The van der Waals surface area contributed by atoms with Gasteiger partial charge in [0.1, 0.15) is 0 Å².